The number of fused-ring (bicyclic) bond motifs is 1. The Balaban J connectivity index is 1.94. The third-order valence-electron chi connectivity index (χ3n) is 4.80. The molecule has 1 heterocycles. The first-order chi connectivity index (χ1) is 13.2. The first-order valence-corrected chi connectivity index (χ1v) is 9.03. The number of hydrogen-bond donors (Lipinski definition) is 1. The minimum atomic E-state index is -0.177. The van der Waals surface area contributed by atoms with Crippen molar-refractivity contribution >= 4 is 22.5 Å². The van der Waals surface area contributed by atoms with E-state index in [-0.39, 0.29) is 11.6 Å². The zero-order valence-electron chi connectivity index (χ0n) is 15.0. The van der Waals surface area contributed by atoms with E-state index in [2.05, 4.69) is 11.9 Å². The monoisotopic (exact) mass is 353 g/mol. The van der Waals surface area contributed by atoms with Crippen LogP contribution in [0.1, 0.15) is 44.5 Å². The summed E-state index contributed by atoms with van der Waals surface area (Å²) < 4.78 is 0. The van der Waals surface area contributed by atoms with E-state index in [1.54, 1.807) is 24.3 Å². The molecular formula is C24H19NO2. The fourth-order valence-electron chi connectivity index (χ4n) is 3.34. The van der Waals surface area contributed by atoms with Gasteiger partial charge in [0.2, 0.25) is 5.78 Å². The number of benzene rings is 3. The van der Waals surface area contributed by atoms with Gasteiger partial charge in [0.05, 0.1) is 11.3 Å². The summed E-state index contributed by atoms with van der Waals surface area (Å²) in [7, 11) is 0. The van der Waals surface area contributed by atoms with Gasteiger partial charge >= 0.3 is 0 Å². The second-order valence-corrected chi connectivity index (χ2v) is 6.50. The molecule has 4 aromatic rings. The van der Waals surface area contributed by atoms with Crippen molar-refractivity contribution in [2.24, 2.45) is 0 Å². The summed E-state index contributed by atoms with van der Waals surface area (Å²) in [5, 5.41) is 0.778. The molecule has 3 heteroatoms. The van der Waals surface area contributed by atoms with Crippen molar-refractivity contribution in [3.05, 3.63) is 107 Å². The summed E-state index contributed by atoms with van der Waals surface area (Å²) in [6.45, 7) is 2.08. The quantitative estimate of drug-likeness (QED) is 0.502. The lowest BCUT2D eigenvalue weighted by atomic mass is 9.96. The molecule has 0 spiro atoms. The van der Waals surface area contributed by atoms with E-state index < -0.39 is 0 Å². The number of carbonyl (C=O) groups is 2. The van der Waals surface area contributed by atoms with Gasteiger partial charge in [-0.05, 0) is 18.1 Å². The lowest BCUT2D eigenvalue weighted by Crippen LogP contribution is -2.10. The number of aryl methyl sites for hydroxylation is 1. The van der Waals surface area contributed by atoms with E-state index in [0.29, 0.717) is 22.4 Å². The second kappa shape index (κ2) is 7.04. The molecule has 3 aromatic carbocycles. The molecule has 0 aliphatic heterocycles. The molecule has 0 unspecified atom stereocenters. The number of rotatable bonds is 5. The van der Waals surface area contributed by atoms with Gasteiger partial charge in [-0.2, -0.15) is 0 Å². The van der Waals surface area contributed by atoms with E-state index >= 15 is 0 Å². The van der Waals surface area contributed by atoms with Crippen LogP contribution in [-0.2, 0) is 6.42 Å². The molecule has 0 radical (unpaired) electrons. The lowest BCUT2D eigenvalue weighted by Gasteiger charge is -2.05. The Kier molecular flexibility index (Phi) is 4.43. The maximum Gasteiger partial charge on any atom is 0.209 e. The van der Waals surface area contributed by atoms with Crippen LogP contribution < -0.4 is 0 Å². The molecule has 1 N–H and O–H groups in total. The number of ketones is 2. The molecule has 0 bridgehead atoms. The van der Waals surface area contributed by atoms with Gasteiger partial charge in [-0.1, -0.05) is 79.7 Å². The van der Waals surface area contributed by atoms with E-state index in [0.717, 1.165) is 22.9 Å². The zero-order chi connectivity index (χ0) is 18.8. The van der Waals surface area contributed by atoms with E-state index in [1.807, 2.05) is 54.6 Å². The number of hydrogen-bond acceptors (Lipinski definition) is 2. The van der Waals surface area contributed by atoms with Crippen LogP contribution in [0, 0.1) is 0 Å². The molecule has 0 saturated heterocycles. The highest BCUT2D eigenvalue weighted by molar-refractivity contribution is 6.24. The summed E-state index contributed by atoms with van der Waals surface area (Å²) in [6, 6.07) is 24.1. The van der Waals surface area contributed by atoms with E-state index in [4.69, 9.17) is 0 Å². The SMILES string of the molecule is CCc1ccc2c(C(=O)c3ccccc3)c(C(=O)c3ccccc3)[nH]c2c1. The standard InChI is InChI=1S/C24H19NO2/c1-2-16-13-14-19-20(15-16)25-22(24(27)18-11-7-4-8-12-18)21(19)23(26)17-9-5-3-6-10-17/h3-15,25H,2H2,1H3. The Morgan fingerprint density at radius 3 is 1.96 bits per heavy atom. The molecule has 0 fully saturated rings. The Morgan fingerprint density at radius 1 is 0.778 bits per heavy atom. The predicted molar refractivity (Wildman–Crippen MR) is 107 cm³/mol. The predicted octanol–water partition coefficient (Wildman–Crippen LogP) is 5.19. The molecule has 0 atom stereocenters. The highest BCUT2D eigenvalue weighted by Crippen LogP contribution is 2.28. The topological polar surface area (TPSA) is 49.9 Å². The zero-order valence-corrected chi connectivity index (χ0v) is 15.0. The molecule has 4 rings (SSSR count). The smallest absolute Gasteiger partial charge is 0.209 e. The molecule has 1 aromatic heterocycles. The van der Waals surface area contributed by atoms with Crippen molar-refractivity contribution in [3.8, 4) is 0 Å². The normalized spacial score (nSPS) is 10.9. The second-order valence-electron chi connectivity index (χ2n) is 6.50. The van der Waals surface area contributed by atoms with Gasteiger partial charge in [0.1, 0.15) is 0 Å². The molecule has 132 valence electrons. The summed E-state index contributed by atoms with van der Waals surface area (Å²) in [5.74, 6) is -0.325. The van der Waals surface area contributed by atoms with Crippen molar-refractivity contribution in [1.82, 2.24) is 4.98 Å². The van der Waals surface area contributed by atoms with Gasteiger partial charge in [-0.25, -0.2) is 0 Å². The van der Waals surface area contributed by atoms with Crippen LogP contribution >= 0.6 is 0 Å². The van der Waals surface area contributed by atoms with Gasteiger partial charge in [0.15, 0.2) is 5.78 Å². The van der Waals surface area contributed by atoms with Crippen LogP contribution in [0.5, 0.6) is 0 Å². The number of aromatic amines is 1. The molecule has 0 aliphatic rings. The van der Waals surface area contributed by atoms with Crippen LogP contribution in [0.15, 0.2) is 78.9 Å². The maximum atomic E-state index is 13.3. The molecule has 0 aliphatic carbocycles. The third-order valence-corrected chi connectivity index (χ3v) is 4.80. The highest BCUT2D eigenvalue weighted by atomic mass is 16.1. The number of H-pyrrole nitrogens is 1. The maximum absolute atomic E-state index is 13.3. The number of aromatic nitrogens is 1. The van der Waals surface area contributed by atoms with Gasteiger partial charge in [0.25, 0.3) is 0 Å². The first-order valence-electron chi connectivity index (χ1n) is 9.03. The molecule has 0 amide bonds. The molecule has 0 saturated carbocycles. The Morgan fingerprint density at radius 2 is 1.37 bits per heavy atom. The van der Waals surface area contributed by atoms with Crippen molar-refractivity contribution in [3.63, 3.8) is 0 Å². The third kappa shape index (κ3) is 3.08. The summed E-state index contributed by atoms with van der Waals surface area (Å²) in [5.41, 5.74) is 3.88. The summed E-state index contributed by atoms with van der Waals surface area (Å²) in [4.78, 5) is 29.6. The summed E-state index contributed by atoms with van der Waals surface area (Å²) in [6.07, 6.45) is 0.888. The van der Waals surface area contributed by atoms with Crippen molar-refractivity contribution in [2.75, 3.05) is 0 Å². The minimum Gasteiger partial charge on any atom is -0.351 e. The van der Waals surface area contributed by atoms with Crippen LogP contribution in [0.2, 0.25) is 0 Å². The van der Waals surface area contributed by atoms with Crippen molar-refractivity contribution in [1.29, 1.82) is 0 Å². The van der Waals surface area contributed by atoms with Gasteiger partial charge in [-0.3, -0.25) is 9.59 Å². The molecule has 3 nitrogen and oxygen atoms in total. The number of carbonyl (C=O) groups excluding carboxylic acids is 2. The van der Waals surface area contributed by atoms with Gasteiger partial charge in [0, 0.05) is 22.0 Å². The Hall–Kier alpha value is -3.46. The van der Waals surface area contributed by atoms with Crippen molar-refractivity contribution in [2.45, 2.75) is 13.3 Å². The van der Waals surface area contributed by atoms with E-state index in [9.17, 15) is 9.59 Å². The fourth-order valence-corrected chi connectivity index (χ4v) is 3.34. The van der Waals surface area contributed by atoms with Crippen LogP contribution in [-0.4, -0.2) is 16.6 Å². The van der Waals surface area contributed by atoms with Crippen molar-refractivity contribution < 1.29 is 9.59 Å². The fraction of sp³-hybridized carbons (Fsp3) is 0.0833. The minimum absolute atomic E-state index is 0.148. The largest absolute Gasteiger partial charge is 0.351 e. The van der Waals surface area contributed by atoms with Gasteiger partial charge < -0.3 is 4.98 Å². The average Bonchev–Trinajstić information content (AvgIpc) is 3.12. The van der Waals surface area contributed by atoms with Gasteiger partial charge in [-0.15, -0.1) is 0 Å². The average molecular weight is 353 g/mol. The highest BCUT2D eigenvalue weighted by Gasteiger charge is 2.24. The first kappa shape index (κ1) is 17.0. The molecular weight excluding hydrogens is 334 g/mol. The Labute approximate surface area is 157 Å². The lowest BCUT2D eigenvalue weighted by molar-refractivity contribution is 0.100. The van der Waals surface area contributed by atoms with E-state index in [1.165, 1.54) is 0 Å². The molecule has 27 heavy (non-hydrogen) atoms. The van der Waals surface area contributed by atoms with Crippen LogP contribution in [0.4, 0.5) is 0 Å². The van der Waals surface area contributed by atoms with Crippen LogP contribution in [0.3, 0.4) is 0 Å². The summed E-state index contributed by atoms with van der Waals surface area (Å²) >= 11 is 0. The Bertz CT molecular complexity index is 1130. The van der Waals surface area contributed by atoms with Crippen LogP contribution in [0.25, 0.3) is 10.9 Å². The number of nitrogens with one attached hydrogen (secondary N) is 1.